The van der Waals surface area contributed by atoms with Crippen molar-refractivity contribution < 1.29 is 32.6 Å². The van der Waals surface area contributed by atoms with Crippen LogP contribution in [-0.2, 0) is 14.3 Å². The number of amides is 1. The number of carbonyl (C=O) groups excluding carboxylic acids is 2. The zero-order valence-electron chi connectivity index (χ0n) is 14.3. The molecule has 2 aliphatic rings. The Morgan fingerprint density at radius 2 is 2.12 bits per heavy atom. The molecule has 1 aromatic rings. The van der Waals surface area contributed by atoms with Crippen molar-refractivity contribution >= 4 is 17.6 Å². The lowest BCUT2D eigenvalue weighted by Gasteiger charge is -2.30. The number of esters is 1. The van der Waals surface area contributed by atoms with E-state index in [1.807, 2.05) is 4.90 Å². The topological polar surface area (TPSA) is 77.1 Å². The second-order valence-electron chi connectivity index (χ2n) is 6.20. The number of halogens is 2. The van der Waals surface area contributed by atoms with Gasteiger partial charge in [0.1, 0.15) is 0 Å². The number of ether oxygens (including phenoxy) is 3. The average Bonchev–Trinajstić information content (AvgIpc) is 2.88. The standard InChI is InChI=1S/C17H20F2N2O5/c1-2-24-16(23)11-4-3-7-21(9-11)10-15(22)20-12-5-6-13-14(8-12)26-17(18,19)25-13/h5-6,8,11H,2-4,7,9-10H2,1H3,(H,20,22). The average molecular weight is 370 g/mol. The number of piperidine rings is 1. The predicted octanol–water partition coefficient (Wildman–Crippen LogP) is 2.22. The molecule has 0 radical (unpaired) electrons. The number of rotatable bonds is 5. The van der Waals surface area contributed by atoms with Crippen molar-refractivity contribution in [1.82, 2.24) is 4.90 Å². The molecule has 142 valence electrons. The Bertz CT molecular complexity index is 698. The van der Waals surface area contributed by atoms with E-state index < -0.39 is 6.29 Å². The lowest BCUT2D eigenvalue weighted by Crippen LogP contribution is -2.43. The summed E-state index contributed by atoms with van der Waals surface area (Å²) in [6, 6.07) is 4.05. The summed E-state index contributed by atoms with van der Waals surface area (Å²) in [5.41, 5.74) is 0.328. The van der Waals surface area contributed by atoms with Gasteiger partial charge in [0.2, 0.25) is 5.91 Å². The fourth-order valence-corrected chi connectivity index (χ4v) is 3.08. The zero-order chi connectivity index (χ0) is 18.7. The molecular weight excluding hydrogens is 350 g/mol. The smallest absolute Gasteiger partial charge is 0.466 e. The number of nitrogens with zero attached hydrogens (tertiary/aromatic N) is 1. The van der Waals surface area contributed by atoms with Crippen LogP contribution in [0, 0.1) is 5.92 Å². The van der Waals surface area contributed by atoms with Crippen LogP contribution in [0.5, 0.6) is 11.5 Å². The summed E-state index contributed by atoms with van der Waals surface area (Å²) in [5, 5.41) is 2.64. The lowest BCUT2D eigenvalue weighted by atomic mass is 9.98. The number of hydrogen-bond acceptors (Lipinski definition) is 6. The summed E-state index contributed by atoms with van der Waals surface area (Å²) >= 11 is 0. The summed E-state index contributed by atoms with van der Waals surface area (Å²) in [5.74, 6) is -0.992. The molecule has 1 fully saturated rings. The fraction of sp³-hybridized carbons (Fsp3) is 0.529. The molecule has 26 heavy (non-hydrogen) atoms. The van der Waals surface area contributed by atoms with E-state index in [0.29, 0.717) is 25.4 Å². The van der Waals surface area contributed by atoms with Crippen LogP contribution in [0.2, 0.25) is 0 Å². The molecule has 2 aliphatic heterocycles. The normalized spacial score (nSPS) is 21.3. The van der Waals surface area contributed by atoms with Gasteiger partial charge in [0.15, 0.2) is 11.5 Å². The van der Waals surface area contributed by atoms with Crippen LogP contribution in [0.25, 0.3) is 0 Å². The van der Waals surface area contributed by atoms with Crippen molar-refractivity contribution in [2.45, 2.75) is 26.1 Å². The van der Waals surface area contributed by atoms with Crippen LogP contribution >= 0.6 is 0 Å². The zero-order valence-corrected chi connectivity index (χ0v) is 14.3. The second-order valence-corrected chi connectivity index (χ2v) is 6.20. The number of fused-ring (bicyclic) bond motifs is 1. The molecule has 0 aliphatic carbocycles. The van der Waals surface area contributed by atoms with Gasteiger partial charge in [0.05, 0.1) is 19.1 Å². The van der Waals surface area contributed by atoms with Crippen molar-refractivity contribution in [2.75, 3.05) is 31.6 Å². The predicted molar refractivity (Wildman–Crippen MR) is 87.1 cm³/mol. The van der Waals surface area contributed by atoms with Gasteiger partial charge in [0.25, 0.3) is 0 Å². The maximum absolute atomic E-state index is 13.0. The lowest BCUT2D eigenvalue weighted by molar-refractivity contribution is -0.286. The van der Waals surface area contributed by atoms with E-state index in [1.165, 1.54) is 18.2 Å². The molecule has 0 saturated carbocycles. The first-order chi connectivity index (χ1) is 12.4. The van der Waals surface area contributed by atoms with Gasteiger partial charge in [-0.1, -0.05) is 0 Å². The number of benzene rings is 1. The van der Waals surface area contributed by atoms with Gasteiger partial charge in [-0.15, -0.1) is 8.78 Å². The van der Waals surface area contributed by atoms with Crippen LogP contribution in [0.3, 0.4) is 0 Å². The molecule has 9 heteroatoms. The third-order valence-corrected chi connectivity index (χ3v) is 4.18. The fourth-order valence-electron chi connectivity index (χ4n) is 3.08. The quantitative estimate of drug-likeness (QED) is 0.801. The van der Waals surface area contributed by atoms with Crippen LogP contribution in [0.15, 0.2) is 18.2 Å². The highest BCUT2D eigenvalue weighted by Gasteiger charge is 2.43. The minimum atomic E-state index is -3.69. The Kier molecular flexibility index (Phi) is 5.26. The third-order valence-electron chi connectivity index (χ3n) is 4.18. The highest BCUT2D eigenvalue weighted by Crippen LogP contribution is 2.42. The molecule has 1 N–H and O–H groups in total. The highest BCUT2D eigenvalue weighted by atomic mass is 19.3. The van der Waals surface area contributed by atoms with E-state index in [-0.39, 0.29) is 35.8 Å². The van der Waals surface area contributed by atoms with Crippen LogP contribution in [0.1, 0.15) is 19.8 Å². The minimum absolute atomic E-state index is 0.0821. The van der Waals surface area contributed by atoms with Crippen LogP contribution in [-0.4, -0.2) is 49.3 Å². The Morgan fingerprint density at radius 1 is 1.35 bits per heavy atom. The number of hydrogen-bond donors (Lipinski definition) is 1. The number of carbonyl (C=O) groups is 2. The van der Waals surface area contributed by atoms with Gasteiger partial charge in [-0.2, -0.15) is 0 Å². The molecule has 0 aromatic heterocycles. The van der Waals surface area contributed by atoms with Crippen molar-refractivity contribution in [3.8, 4) is 11.5 Å². The van der Waals surface area contributed by atoms with E-state index in [1.54, 1.807) is 6.92 Å². The molecule has 1 aromatic carbocycles. The van der Waals surface area contributed by atoms with Crippen molar-refractivity contribution in [2.24, 2.45) is 5.92 Å². The number of anilines is 1. The van der Waals surface area contributed by atoms with Gasteiger partial charge >= 0.3 is 12.3 Å². The SMILES string of the molecule is CCOC(=O)C1CCCN(CC(=O)Nc2ccc3c(c2)OC(F)(F)O3)C1. The second kappa shape index (κ2) is 7.45. The molecule has 0 spiro atoms. The van der Waals surface area contributed by atoms with E-state index in [9.17, 15) is 18.4 Å². The van der Waals surface area contributed by atoms with E-state index >= 15 is 0 Å². The van der Waals surface area contributed by atoms with Gasteiger partial charge in [0, 0.05) is 18.3 Å². The summed E-state index contributed by atoms with van der Waals surface area (Å²) < 4.78 is 39.7. The summed E-state index contributed by atoms with van der Waals surface area (Å²) in [4.78, 5) is 25.9. The Morgan fingerprint density at radius 3 is 2.88 bits per heavy atom. The molecular formula is C17H20F2N2O5. The van der Waals surface area contributed by atoms with Crippen molar-refractivity contribution in [1.29, 1.82) is 0 Å². The van der Waals surface area contributed by atoms with Crippen molar-refractivity contribution in [3.05, 3.63) is 18.2 Å². The molecule has 0 bridgehead atoms. The van der Waals surface area contributed by atoms with E-state index in [0.717, 1.165) is 12.8 Å². The summed E-state index contributed by atoms with van der Waals surface area (Å²) in [6.07, 6.45) is -2.15. The molecule has 1 unspecified atom stereocenters. The van der Waals surface area contributed by atoms with Gasteiger partial charge in [-0.25, -0.2) is 0 Å². The first-order valence-corrected chi connectivity index (χ1v) is 8.45. The number of likely N-dealkylation sites (tertiary alicyclic amines) is 1. The Balaban J connectivity index is 1.54. The summed E-state index contributed by atoms with van der Waals surface area (Å²) in [7, 11) is 0. The van der Waals surface area contributed by atoms with Gasteiger partial charge in [-0.3, -0.25) is 14.5 Å². The number of alkyl halides is 2. The number of nitrogens with one attached hydrogen (secondary N) is 1. The molecule has 1 saturated heterocycles. The first-order valence-electron chi connectivity index (χ1n) is 8.45. The molecule has 3 rings (SSSR count). The van der Waals surface area contributed by atoms with E-state index in [4.69, 9.17) is 4.74 Å². The maximum atomic E-state index is 13.0. The molecule has 2 heterocycles. The Hall–Kier alpha value is -2.42. The molecule has 1 amide bonds. The summed E-state index contributed by atoms with van der Waals surface area (Å²) in [6.45, 7) is 3.35. The van der Waals surface area contributed by atoms with Crippen molar-refractivity contribution in [3.63, 3.8) is 0 Å². The first kappa shape index (κ1) is 18.4. The van der Waals surface area contributed by atoms with Crippen LogP contribution < -0.4 is 14.8 Å². The third kappa shape index (κ3) is 4.40. The van der Waals surface area contributed by atoms with Gasteiger partial charge < -0.3 is 19.5 Å². The largest absolute Gasteiger partial charge is 0.586 e. The van der Waals surface area contributed by atoms with Crippen LogP contribution in [0.4, 0.5) is 14.5 Å². The molecule has 7 nitrogen and oxygen atoms in total. The molecule has 1 atom stereocenters. The minimum Gasteiger partial charge on any atom is -0.466 e. The monoisotopic (exact) mass is 370 g/mol. The maximum Gasteiger partial charge on any atom is 0.586 e. The van der Waals surface area contributed by atoms with E-state index in [2.05, 4.69) is 14.8 Å². The van der Waals surface area contributed by atoms with Gasteiger partial charge in [-0.05, 0) is 38.4 Å². The highest BCUT2D eigenvalue weighted by molar-refractivity contribution is 5.92. The Labute approximate surface area is 149 Å².